The molecule has 122 valence electrons. The first kappa shape index (κ1) is 17.6. The molecule has 3 heteroatoms. The Morgan fingerprint density at radius 3 is 2.00 bits per heavy atom. The average molecular weight is 328 g/mol. The van der Waals surface area contributed by atoms with Crippen LogP contribution in [0, 0.1) is 0 Å². The molecule has 0 fully saturated rings. The van der Waals surface area contributed by atoms with Crippen LogP contribution in [0.5, 0.6) is 0 Å². The second kappa shape index (κ2) is 9.41. The van der Waals surface area contributed by atoms with Gasteiger partial charge in [-0.2, -0.15) is 0 Å². The number of hydrogen-bond acceptors (Lipinski definition) is 2. The van der Waals surface area contributed by atoms with Crippen molar-refractivity contribution in [3.63, 3.8) is 0 Å². The number of unbranched alkanes of at least 4 members (excludes halogenated alkanes) is 4. The molecule has 0 atom stereocenters. The maximum Gasteiger partial charge on any atom is 0.335 e. The number of hydrogen-bond donors (Lipinski definition) is 1. The quantitative estimate of drug-likeness (QED) is 0.445. The van der Waals surface area contributed by atoms with Crippen LogP contribution in [-0.2, 0) is 0 Å². The maximum absolute atomic E-state index is 10.9. The summed E-state index contributed by atoms with van der Waals surface area (Å²) in [7, 11) is 0. The monoisotopic (exact) mass is 328 g/mol. The Morgan fingerprint density at radius 1 is 0.870 bits per heavy atom. The second-order valence-corrected chi connectivity index (χ2v) is 6.84. The molecule has 1 N–H and O–H groups in total. The molecule has 2 nitrogen and oxygen atoms in total. The van der Waals surface area contributed by atoms with Crippen molar-refractivity contribution in [1.82, 2.24) is 0 Å². The number of carbonyl (C=O) groups is 1. The zero-order valence-corrected chi connectivity index (χ0v) is 14.4. The first-order valence-electron chi connectivity index (χ1n) is 8.27. The molecule has 2 rings (SSSR count). The lowest BCUT2D eigenvalue weighted by molar-refractivity contribution is 0.0697. The Balaban J connectivity index is 1.85. The molecule has 2 aromatic carbocycles. The fourth-order valence-electron chi connectivity index (χ4n) is 2.44. The van der Waals surface area contributed by atoms with Gasteiger partial charge >= 0.3 is 5.97 Å². The van der Waals surface area contributed by atoms with Crippen molar-refractivity contribution in [3.05, 3.63) is 54.1 Å². The summed E-state index contributed by atoms with van der Waals surface area (Å²) in [5.41, 5.74) is 2.49. The van der Waals surface area contributed by atoms with Gasteiger partial charge in [-0.25, -0.2) is 4.79 Å². The molecule has 0 bridgehead atoms. The Bertz CT molecular complexity index is 603. The number of rotatable bonds is 9. The molecule has 0 unspecified atom stereocenters. The van der Waals surface area contributed by atoms with E-state index in [0.717, 1.165) is 11.1 Å². The molecule has 0 amide bonds. The van der Waals surface area contributed by atoms with E-state index in [9.17, 15) is 4.79 Å². The second-order valence-electron chi connectivity index (χ2n) is 5.67. The zero-order valence-electron chi connectivity index (χ0n) is 13.6. The third kappa shape index (κ3) is 5.76. The van der Waals surface area contributed by atoms with Crippen LogP contribution in [0.3, 0.4) is 0 Å². The minimum absolute atomic E-state index is 0.323. The van der Waals surface area contributed by atoms with Crippen LogP contribution in [-0.4, -0.2) is 16.8 Å². The first-order chi connectivity index (χ1) is 11.2. The first-order valence-corrected chi connectivity index (χ1v) is 9.26. The van der Waals surface area contributed by atoms with Crippen LogP contribution < -0.4 is 0 Å². The van der Waals surface area contributed by atoms with Gasteiger partial charge in [0, 0.05) is 4.90 Å². The highest BCUT2D eigenvalue weighted by molar-refractivity contribution is 7.99. The van der Waals surface area contributed by atoms with Gasteiger partial charge in [-0.3, -0.25) is 0 Å². The van der Waals surface area contributed by atoms with Crippen molar-refractivity contribution in [3.8, 4) is 11.1 Å². The van der Waals surface area contributed by atoms with Crippen LogP contribution in [0.15, 0.2) is 53.4 Å². The third-order valence-electron chi connectivity index (χ3n) is 3.84. The van der Waals surface area contributed by atoms with Crippen LogP contribution in [0.4, 0.5) is 0 Å². The van der Waals surface area contributed by atoms with Gasteiger partial charge in [-0.15, -0.1) is 11.8 Å². The van der Waals surface area contributed by atoms with Gasteiger partial charge < -0.3 is 5.11 Å². The Kier molecular flexibility index (Phi) is 7.21. The molecular weight excluding hydrogens is 304 g/mol. The normalized spacial score (nSPS) is 10.7. The van der Waals surface area contributed by atoms with Crippen molar-refractivity contribution in [2.75, 3.05) is 5.75 Å². The lowest BCUT2D eigenvalue weighted by Gasteiger charge is -2.05. The Hall–Kier alpha value is -1.74. The van der Waals surface area contributed by atoms with E-state index in [-0.39, 0.29) is 0 Å². The van der Waals surface area contributed by atoms with Crippen molar-refractivity contribution in [2.24, 2.45) is 0 Å². The van der Waals surface area contributed by atoms with Gasteiger partial charge in [0.2, 0.25) is 0 Å². The van der Waals surface area contributed by atoms with Crippen LogP contribution in [0.1, 0.15) is 49.4 Å². The minimum atomic E-state index is -0.887. The van der Waals surface area contributed by atoms with E-state index in [0.29, 0.717) is 5.56 Å². The highest BCUT2D eigenvalue weighted by Crippen LogP contribution is 2.25. The molecule has 0 aliphatic rings. The summed E-state index contributed by atoms with van der Waals surface area (Å²) in [6.45, 7) is 2.24. The van der Waals surface area contributed by atoms with Gasteiger partial charge in [0.1, 0.15) is 0 Å². The predicted molar refractivity (Wildman–Crippen MR) is 98.3 cm³/mol. The van der Waals surface area contributed by atoms with E-state index in [1.807, 2.05) is 23.9 Å². The fraction of sp³-hybridized carbons (Fsp3) is 0.350. The summed E-state index contributed by atoms with van der Waals surface area (Å²) in [5.74, 6) is 0.290. The largest absolute Gasteiger partial charge is 0.478 e. The lowest BCUT2D eigenvalue weighted by atomic mass is 10.0. The maximum atomic E-state index is 10.9. The standard InChI is InChI=1S/C20H24O2S/c1-2-3-4-5-6-15-23-19-13-11-17(12-14-19)16-7-9-18(10-8-16)20(21)22/h7-14H,2-6,15H2,1H3,(H,21,22). The smallest absolute Gasteiger partial charge is 0.335 e. The van der Waals surface area contributed by atoms with Crippen LogP contribution in [0.2, 0.25) is 0 Å². The van der Waals surface area contributed by atoms with Gasteiger partial charge in [-0.1, -0.05) is 56.9 Å². The van der Waals surface area contributed by atoms with E-state index < -0.39 is 5.97 Å². The van der Waals surface area contributed by atoms with Crippen molar-refractivity contribution < 1.29 is 9.90 Å². The molecule has 0 aromatic heterocycles. The van der Waals surface area contributed by atoms with Crippen LogP contribution in [0.25, 0.3) is 11.1 Å². The van der Waals surface area contributed by atoms with E-state index in [1.54, 1.807) is 12.1 Å². The Labute approximate surface area is 142 Å². The fourth-order valence-corrected chi connectivity index (χ4v) is 3.36. The zero-order chi connectivity index (χ0) is 16.5. The van der Waals surface area contributed by atoms with E-state index in [1.165, 1.54) is 42.8 Å². The number of carboxylic acid groups (broad SMARTS) is 1. The molecular formula is C20H24O2S. The van der Waals surface area contributed by atoms with E-state index in [2.05, 4.69) is 31.2 Å². The SMILES string of the molecule is CCCCCCCSc1ccc(-c2ccc(C(=O)O)cc2)cc1. The Morgan fingerprint density at radius 2 is 1.43 bits per heavy atom. The third-order valence-corrected chi connectivity index (χ3v) is 4.93. The van der Waals surface area contributed by atoms with Crippen LogP contribution >= 0.6 is 11.8 Å². The summed E-state index contributed by atoms with van der Waals surface area (Å²) in [6, 6.07) is 15.5. The summed E-state index contributed by atoms with van der Waals surface area (Å²) >= 11 is 1.91. The minimum Gasteiger partial charge on any atom is -0.478 e. The molecule has 0 radical (unpaired) electrons. The van der Waals surface area contributed by atoms with Gasteiger partial charge in [0.15, 0.2) is 0 Å². The molecule has 2 aromatic rings. The summed E-state index contributed by atoms with van der Waals surface area (Å²) in [6.07, 6.45) is 6.60. The number of benzene rings is 2. The van der Waals surface area contributed by atoms with Crippen molar-refractivity contribution in [1.29, 1.82) is 0 Å². The highest BCUT2D eigenvalue weighted by Gasteiger charge is 2.03. The average Bonchev–Trinajstić information content (AvgIpc) is 2.58. The summed E-state index contributed by atoms with van der Waals surface area (Å²) in [4.78, 5) is 12.2. The van der Waals surface area contributed by atoms with Gasteiger partial charge in [0.05, 0.1) is 5.56 Å². The lowest BCUT2D eigenvalue weighted by Crippen LogP contribution is -1.94. The number of carboxylic acids is 1. The topological polar surface area (TPSA) is 37.3 Å². The van der Waals surface area contributed by atoms with Gasteiger partial charge in [0.25, 0.3) is 0 Å². The van der Waals surface area contributed by atoms with Crippen molar-refractivity contribution >= 4 is 17.7 Å². The molecule has 0 aliphatic heterocycles. The molecule has 0 saturated carbocycles. The number of aromatic carboxylic acids is 1. The van der Waals surface area contributed by atoms with E-state index >= 15 is 0 Å². The highest BCUT2D eigenvalue weighted by atomic mass is 32.2. The predicted octanol–water partition coefficient (Wildman–Crippen LogP) is 6.11. The molecule has 0 saturated heterocycles. The molecule has 23 heavy (non-hydrogen) atoms. The molecule has 0 heterocycles. The molecule has 0 aliphatic carbocycles. The summed E-state index contributed by atoms with van der Waals surface area (Å²) in [5, 5.41) is 8.93. The molecule has 0 spiro atoms. The van der Waals surface area contributed by atoms with Gasteiger partial charge in [-0.05, 0) is 47.6 Å². The van der Waals surface area contributed by atoms with E-state index in [4.69, 9.17) is 5.11 Å². The number of thioether (sulfide) groups is 1. The van der Waals surface area contributed by atoms with Crippen molar-refractivity contribution in [2.45, 2.75) is 43.9 Å². The summed E-state index contributed by atoms with van der Waals surface area (Å²) < 4.78 is 0.